The highest BCUT2D eigenvalue weighted by Crippen LogP contribution is 2.37. The molecule has 0 bridgehead atoms. The van der Waals surface area contributed by atoms with Crippen LogP contribution in [-0.4, -0.2) is 75.2 Å². The van der Waals surface area contributed by atoms with Gasteiger partial charge in [-0.25, -0.2) is 4.79 Å². The Morgan fingerprint density at radius 1 is 1.03 bits per heavy atom. The van der Waals surface area contributed by atoms with Gasteiger partial charge >= 0.3 is 39.6 Å². The first-order chi connectivity index (χ1) is 17.2. The van der Waals surface area contributed by atoms with Gasteiger partial charge in [0.25, 0.3) is 0 Å². The van der Waals surface area contributed by atoms with Crippen LogP contribution >= 0.6 is 0 Å². The van der Waals surface area contributed by atoms with E-state index in [1.165, 1.54) is 0 Å². The molecular formula is C20H25F8NO8S. The summed E-state index contributed by atoms with van der Waals surface area (Å²) in [6.45, 7) is 3.54. The lowest BCUT2D eigenvalue weighted by Gasteiger charge is -2.36. The predicted octanol–water partition coefficient (Wildman–Crippen LogP) is 3.49. The van der Waals surface area contributed by atoms with Gasteiger partial charge in [0.1, 0.15) is 11.7 Å². The largest absolute Gasteiger partial charge is 0.459 e. The van der Waals surface area contributed by atoms with Crippen molar-refractivity contribution in [2.75, 3.05) is 13.2 Å². The molecule has 1 saturated heterocycles. The minimum absolute atomic E-state index is 0.0368. The average molecular weight is 591 g/mol. The van der Waals surface area contributed by atoms with E-state index in [0.717, 1.165) is 6.92 Å². The van der Waals surface area contributed by atoms with E-state index in [0.29, 0.717) is 6.42 Å². The number of hydrogen-bond donors (Lipinski definition) is 1. The fourth-order valence-electron chi connectivity index (χ4n) is 3.60. The van der Waals surface area contributed by atoms with Gasteiger partial charge in [-0.15, -0.1) is 0 Å². The van der Waals surface area contributed by atoms with Gasteiger partial charge in [-0.05, 0) is 39.0 Å². The number of amides is 1. The number of carbonyl (C=O) groups excluding carboxylic acids is 2. The van der Waals surface area contributed by atoms with Crippen molar-refractivity contribution in [1.29, 1.82) is 0 Å². The number of esters is 1. The van der Waals surface area contributed by atoms with Crippen molar-refractivity contribution in [2.24, 2.45) is 0 Å². The zero-order valence-corrected chi connectivity index (χ0v) is 20.6. The summed E-state index contributed by atoms with van der Waals surface area (Å²) in [5, 5.41) is -3.77. The van der Waals surface area contributed by atoms with Crippen LogP contribution in [0.2, 0.25) is 0 Å². The number of alkyl halides is 8. The fourth-order valence-corrected chi connectivity index (χ4v) is 4.49. The normalized spacial score (nSPS) is 23.8. The summed E-state index contributed by atoms with van der Waals surface area (Å²) >= 11 is 0. The molecule has 1 saturated carbocycles. The van der Waals surface area contributed by atoms with E-state index in [1.54, 1.807) is 5.32 Å². The smallest absolute Gasteiger partial charge is 0.446 e. The van der Waals surface area contributed by atoms with E-state index >= 15 is 0 Å². The Morgan fingerprint density at radius 2 is 1.55 bits per heavy atom. The van der Waals surface area contributed by atoms with Crippen LogP contribution in [0.1, 0.15) is 45.4 Å². The Balaban J connectivity index is 2.00. The minimum atomic E-state index is -6.48. The molecule has 2 fully saturated rings. The number of rotatable bonds is 9. The predicted molar refractivity (Wildman–Crippen MR) is 110 cm³/mol. The van der Waals surface area contributed by atoms with Crippen LogP contribution in [0.4, 0.5) is 35.1 Å². The fraction of sp³-hybridized carbons (Fsp3) is 0.800. The molecule has 1 unspecified atom stereocenters. The van der Waals surface area contributed by atoms with E-state index in [2.05, 4.69) is 15.5 Å². The van der Waals surface area contributed by atoms with Crippen molar-refractivity contribution in [3.8, 4) is 0 Å². The Kier molecular flexibility index (Phi) is 9.81. The van der Waals surface area contributed by atoms with Gasteiger partial charge in [0, 0.05) is 12.5 Å². The molecule has 1 aliphatic heterocycles. The van der Waals surface area contributed by atoms with Gasteiger partial charge in [-0.3, -0.25) is 8.98 Å². The number of ether oxygens (including phenoxy) is 3. The maximum absolute atomic E-state index is 14.5. The highest BCUT2D eigenvalue weighted by atomic mass is 32.2. The first-order valence-corrected chi connectivity index (χ1v) is 12.5. The van der Waals surface area contributed by atoms with Crippen molar-refractivity contribution in [3.05, 3.63) is 12.2 Å². The summed E-state index contributed by atoms with van der Waals surface area (Å²) in [6, 6.07) is -1.15. The Labute approximate surface area is 211 Å². The quantitative estimate of drug-likeness (QED) is 0.188. The maximum Gasteiger partial charge on any atom is 0.446 e. The second-order valence-corrected chi connectivity index (χ2v) is 10.4. The zero-order chi connectivity index (χ0) is 29.2. The molecule has 2 aliphatic rings. The van der Waals surface area contributed by atoms with Crippen LogP contribution in [-0.2, 0) is 38.1 Å². The van der Waals surface area contributed by atoms with Gasteiger partial charge in [0.05, 0.1) is 13.2 Å². The highest BCUT2D eigenvalue weighted by Gasteiger charge is 2.59. The Bertz CT molecular complexity index is 984. The summed E-state index contributed by atoms with van der Waals surface area (Å²) in [6.07, 6.45) is -16.7. The molecule has 1 atom stereocenters. The molecule has 0 radical (unpaired) electrons. The molecule has 18 heteroatoms. The lowest BCUT2D eigenvalue weighted by molar-refractivity contribution is -0.288. The van der Waals surface area contributed by atoms with Crippen LogP contribution in [0.25, 0.3) is 0 Å². The number of hydrogen-bond acceptors (Lipinski definition) is 8. The summed E-state index contributed by atoms with van der Waals surface area (Å²) in [5.41, 5.74) is -1.76. The molecule has 220 valence electrons. The third-order valence-corrected chi connectivity index (χ3v) is 7.02. The SMILES string of the molecule is C=C(C(=O)OC1CCC(NC(=O)C(F)(F)S(=O)(=O)OC(CC2(C)OCCCO2)C(F)(F)F)CC1)C(F)(F)F. The minimum Gasteiger partial charge on any atom is -0.459 e. The van der Waals surface area contributed by atoms with E-state index in [4.69, 9.17) is 9.47 Å². The van der Waals surface area contributed by atoms with Crippen LogP contribution in [0.3, 0.4) is 0 Å². The summed E-state index contributed by atoms with van der Waals surface area (Å²) in [7, 11) is -6.48. The van der Waals surface area contributed by atoms with E-state index < -0.39 is 75.6 Å². The molecule has 1 aliphatic carbocycles. The maximum atomic E-state index is 14.5. The standard InChI is InChI=1S/C20H25F8NO8S/c1-11(18(21,22)23)15(30)36-13-6-4-12(5-7-13)29-16(31)20(27,28)38(32,33)37-14(19(24,25)26)10-17(2)34-8-3-9-35-17/h12-14H,1,3-10H2,2H3,(H,29,31). The Morgan fingerprint density at radius 3 is 2.03 bits per heavy atom. The molecule has 1 N–H and O–H groups in total. The van der Waals surface area contributed by atoms with Crippen molar-refractivity contribution in [2.45, 2.75) is 87.1 Å². The van der Waals surface area contributed by atoms with Crippen LogP contribution < -0.4 is 5.32 Å². The van der Waals surface area contributed by atoms with Crippen molar-refractivity contribution >= 4 is 22.0 Å². The van der Waals surface area contributed by atoms with Gasteiger partial charge in [0.2, 0.25) is 0 Å². The lowest BCUT2D eigenvalue weighted by atomic mass is 9.93. The number of nitrogens with one attached hydrogen (secondary N) is 1. The molecule has 0 aromatic carbocycles. The molecular weight excluding hydrogens is 566 g/mol. The summed E-state index contributed by atoms with van der Waals surface area (Å²) < 4.78 is 149. The van der Waals surface area contributed by atoms with Crippen LogP contribution in [0.5, 0.6) is 0 Å². The zero-order valence-electron chi connectivity index (χ0n) is 19.8. The third-order valence-electron chi connectivity index (χ3n) is 5.72. The Hall–Kier alpha value is -2.05. The lowest BCUT2D eigenvalue weighted by Crippen LogP contribution is -2.53. The number of halogens is 8. The van der Waals surface area contributed by atoms with Gasteiger partial charge < -0.3 is 19.5 Å². The van der Waals surface area contributed by atoms with Crippen LogP contribution in [0.15, 0.2) is 12.2 Å². The summed E-state index contributed by atoms with van der Waals surface area (Å²) in [4.78, 5) is 23.5. The summed E-state index contributed by atoms with van der Waals surface area (Å²) in [5.74, 6) is -6.20. The third kappa shape index (κ3) is 8.22. The molecule has 0 aromatic rings. The molecule has 0 aromatic heterocycles. The first-order valence-electron chi connectivity index (χ1n) is 11.1. The second kappa shape index (κ2) is 11.6. The number of carbonyl (C=O) groups is 2. The molecule has 1 amide bonds. The first kappa shape index (κ1) is 32.2. The van der Waals surface area contributed by atoms with E-state index in [1.807, 2.05) is 0 Å². The molecule has 1 heterocycles. The second-order valence-electron chi connectivity index (χ2n) is 8.81. The monoisotopic (exact) mass is 591 g/mol. The van der Waals surface area contributed by atoms with Gasteiger partial charge in [-0.1, -0.05) is 6.58 Å². The molecule has 0 spiro atoms. The average Bonchev–Trinajstić information content (AvgIpc) is 2.78. The van der Waals surface area contributed by atoms with E-state index in [9.17, 15) is 53.1 Å². The topological polar surface area (TPSA) is 117 Å². The van der Waals surface area contributed by atoms with Crippen molar-refractivity contribution < 1.29 is 71.5 Å². The van der Waals surface area contributed by atoms with Gasteiger partial charge in [0.15, 0.2) is 11.9 Å². The van der Waals surface area contributed by atoms with Crippen molar-refractivity contribution in [3.63, 3.8) is 0 Å². The highest BCUT2D eigenvalue weighted by molar-refractivity contribution is 7.88. The molecule has 38 heavy (non-hydrogen) atoms. The van der Waals surface area contributed by atoms with Crippen LogP contribution in [0, 0.1) is 0 Å². The molecule has 9 nitrogen and oxygen atoms in total. The van der Waals surface area contributed by atoms with Crippen molar-refractivity contribution in [1.82, 2.24) is 5.32 Å². The van der Waals surface area contributed by atoms with E-state index in [-0.39, 0.29) is 38.9 Å². The van der Waals surface area contributed by atoms with Gasteiger partial charge in [-0.2, -0.15) is 43.5 Å². The molecule has 2 rings (SSSR count).